The van der Waals surface area contributed by atoms with Gasteiger partial charge in [-0.2, -0.15) is 0 Å². The first kappa shape index (κ1) is 13.3. The van der Waals surface area contributed by atoms with Crippen molar-refractivity contribution < 1.29 is 9.90 Å². The minimum atomic E-state index is -0.172. The third-order valence-electron chi connectivity index (χ3n) is 2.37. The van der Waals surface area contributed by atoms with E-state index in [1.54, 1.807) is 12.1 Å². The number of carbonyl (C=O) groups excluding carboxylic acids is 1. The van der Waals surface area contributed by atoms with Crippen LogP contribution in [0.5, 0.6) is 0 Å². The molecule has 17 heavy (non-hydrogen) atoms. The molecule has 0 radical (unpaired) electrons. The topological polar surface area (TPSA) is 78.6 Å². The Morgan fingerprint density at radius 1 is 1.47 bits per heavy atom. The molecule has 0 heterocycles. The van der Waals surface area contributed by atoms with Crippen LogP contribution in [0, 0.1) is 0 Å². The average Bonchev–Trinajstić information content (AvgIpc) is 2.28. The normalized spacial score (nSPS) is 10.1. The Balaban J connectivity index is 2.87. The van der Waals surface area contributed by atoms with Crippen molar-refractivity contribution in [2.75, 3.05) is 37.9 Å². The number of nitrogens with two attached hydrogens (primary N) is 1. The zero-order valence-corrected chi connectivity index (χ0v) is 10.2. The summed E-state index contributed by atoms with van der Waals surface area (Å²) in [5.74, 6) is -0.172. The van der Waals surface area contributed by atoms with E-state index < -0.39 is 0 Å². The number of nitrogen functional groups attached to an aromatic ring is 1. The van der Waals surface area contributed by atoms with E-state index in [0.29, 0.717) is 24.2 Å². The van der Waals surface area contributed by atoms with Gasteiger partial charge in [0.05, 0.1) is 5.56 Å². The van der Waals surface area contributed by atoms with Gasteiger partial charge in [-0.25, -0.2) is 0 Å². The van der Waals surface area contributed by atoms with E-state index in [0.717, 1.165) is 5.69 Å². The van der Waals surface area contributed by atoms with Gasteiger partial charge in [0, 0.05) is 38.6 Å². The largest absolute Gasteiger partial charge is 0.399 e. The predicted octanol–water partition coefficient (Wildman–Crippen LogP) is 0.447. The number of hydrogen-bond donors (Lipinski definition) is 3. The van der Waals surface area contributed by atoms with E-state index in [1.165, 1.54) is 0 Å². The Morgan fingerprint density at radius 3 is 2.76 bits per heavy atom. The number of nitrogens with one attached hydrogen (secondary N) is 1. The van der Waals surface area contributed by atoms with Crippen LogP contribution in [0.2, 0.25) is 0 Å². The summed E-state index contributed by atoms with van der Waals surface area (Å²) in [5.41, 5.74) is 7.61. The molecular weight excluding hydrogens is 218 g/mol. The van der Waals surface area contributed by atoms with E-state index in [9.17, 15) is 4.79 Å². The van der Waals surface area contributed by atoms with Crippen molar-refractivity contribution in [2.45, 2.75) is 6.42 Å². The number of benzene rings is 1. The first-order chi connectivity index (χ1) is 8.06. The molecule has 4 N–H and O–H groups in total. The third kappa shape index (κ3) is 3.64. The molecule has 1 rings (SSSR count). The van der Waals surface area contributed by atoms with E-state index in [1.807, 2.05) is 25.1 Å². The van der Waals surface area contributed by atoms with Gasteiger partial charge in [-0.1, -0.05) is 0 Å². The monoisotopic (exact) mass is 237 g/mol. The minimum Gasteiger partial charge on any atom is -0.399 e. The van der Waals surface area contributed by atoms with E-state index in [2.05, 4.69) is 5.32 Å². The highest BCUT2D eigenvalue weighted by Gasteiger charge is 2.12. The Kier molecular flexibility index (Phi) is 4.78. The van der Waals surface area contributed by atoms with Crippen LogP contribution in [-0.4, -0.2) is 38.3 Å². The van der Waals surface area contributed by atoms with Crippen LogP contribution >= 0.6 is 0 Å². The molecule has 0 aliphatic heterocycles. The first-order valence-corrected chi connectivity index (χ1v) is 5.52. The van der Waals surface area contributed by atoms with E-state index >= 15 is 0 Å². The number of amides is 1. The maximum atomic E-state index is 11.9. The molecule has 1 amide bonds. The van der Waals surface area contributed by atoms with Gasteiger partial charge in [-0.05, 0) is 24.6 Å². The van der Waals surface area contributed by atoms with E-state index in [-0.39, 0.29) is 12.5 Å². The van der Waals surface area contributed by atoms with Gasteiger partial charge in [0.25, 0.3) is 5.91 Å². The molecule has 1 aromatic carbocycles. The second kappa shape index (κ2) is 6.10. The summed E-state index contributed by atoms with van der Waals surface area (Å²) in [7, 11) is 3.74. The fourth-order valence-corrected chi connectivity index (χ4v) is 1.50. The standard InChI is InChI=1S/C12H19N3O2/c1-15(2)11-5-4-9(13)8-10(11)12(17)14-6-3-7-16/h4-5,8,16H,3,6-7,13H2,1-2H3,(H,14,17). The average molecular weight is 237 g/mol. The summed E-state index contributed by atoms with van der Waals surface area (Å²) in [6, 6.07) is 5.24. The highest BCUT2D eigenvalue weighted by atomic mass is 16.3. The van der Waals surface area contributed by atoms with Crippen molar-refractivity contribution in [1.82, 2.24) is 5.32 Å². The minimum absolute atomic E-state index is 0.0672. The third-order valence-corrected chi connectivity index (χ3v) is 2.37. The van der Waals surface area contributed by atoms with Crippen molar-refractivity contribution in [3.05, 3.63) is 23.8 Å². The molecule has 0 unspecified atom stereocenters. The zero-order valence-electron chi connectivity index (χ0n) is 10.2. The molecule has 5 heteroatoms. The molecule has 0 saturated heterocycles. The number of anilines is 2. The number of carbonyl (C=O) groups is 1. The quantitative estimate of drug-likeness (QED) is 0.513. The molecule has 94 valence electrons. The number of nitrogens with zero attached hydrogens (tertiary/aromatic N) is 1. The lowest BCUT2D eigenvalue weighted by atomic mass is 10.1. The fourth-order valence-electron chi connectivity index (χ4n) is 1.50. The number of aliphatic hydroxyl groups excluding tert-OH is 1. The number of rotatable bonds is 5. The Morgan fingerprint density at radius 2 is 2.18 bits per heavy atom. The number of hydrogen-bond acceptors (Lipinski definition) is 4. The Bertz CT molecular complexity index is 391. The van der Waals surface area contributed by atoms with Gasteiger partial charge in [-0.15, -0.1) is 0 Å². The van der Waals surface area contributed by atoms with Crippen LogP contribution in [0.1, 0.15) is 16.8 Å². The maximum Gasteiger partial charge on any atom is 0.253 e. The maximum absolute atomic E-state index is 11.9. The summed E-state index contributed by atoms with van der Waals surface area (Å²) in [4.78, 5) is 13.8. The molecule has 1 aromatic rings. The lowest BCUT2D eigenvalue weighted by Gasteiger charge is -2.17. The van der Waals surface area contributed by atoms with Gasteiger partial charge >= 0.3 is 0 Å². The molecule has 0 saturated carbocycles. The van der Waals surface area contributed by atoms with Crippen molar-refractivity contribution in [3.63, 3.8) is 0 Å². The van der Waals surface area contributed by atoms with E-state index in [4.69, 9.17) is 10.8 Å². The van der Waals surface area contributed by atoms with Gasteiger partial charge in [-0.3, -0.25) is 4.79 Å². The van der Waals surface area contributed by atoms with Crippen molar-refractivity contribution >= 4 is 17.3 Å². The van der Waals surface area contributed by atoms with Crippen LogP contribution in [0.15, 0.2) is 18.2 Å². The molecule has 0 spiro atoms. The van der Waals surface area contributed by atoms with Gasteiger partial charge < -0.3 is 21.1 Å². The fraction of sp³-hybridized carbons (Fsp3) is 0.417. The van der Waals surface area contributed by atoms with Crippen LogP contribution in [0.4, 0.5) is 11.4 Å². The van der Waals surface area contributed by atoms with Crippen LogP contribution in [0.3, 0.4) is 0 Å². The van der Waals surface area contributed by atoms with Crippen LogP contribution < -0.4 is 16.0 Å². The van der Waals surface area contributed by atoms with Crippen molar-refractivity contribution in [2.24, 2.45) is 0 Å². The summed E-state index contributed by atoms with van der Waals surface area (Å²) in [6.45, 7) is 0.523. The lowest BCUT2D eigenvalue weighted by Crippen LogP contribution is -2.27. The molecule has 0 bridgehead atoms. The van der Waals surface area contributed by atoms with Crippen molar-refractivity contribution in [3.8, 4) is 0 Å². The summed E-state index contributed by atoms with van der Waals surface area (Å²) < 4.78 is 0. The summed E-state index contributed by atoms with van der Waals surface area (Å²) in [5, 5.41) is 11.4. The van der Waals surface area contributed by atoms with Crippen LogP contribution in [-0.2, 0) is 0 Å². The molecule has 5 nitrogen and oxygen atoms in total. The Labute approximate surface area is 101 Å². The first-order valence-electron chi connectivity index (χ1n) is 5.52. The summed E-state index contributed by atoms with van der Waals surface area (Å²) >= 11 is 0. The SMILES string of the molecule is CN(C)c1ccc(N)cc1C(=O)NCCCO. The molecular formula is C12H19N3O2. The molecule has 0 fully saturated rings. The highest BCUT2D eigenvalue weighted by molar-refractivity contribution is 6.00. The molecule has 0 atom stereocenters. The second-order valence-electron chi connectivity index (χ2n) is 4.00. The highest BCUT2D eigenvalue weighted by Crippen LogP contribution is 2.21. The lowest BCUT2D eigenvalue weighted by molar-refractivity contribution is 0.0951. The Hall–Kier alpha value is -1.75. The second-order valence-corrected chi connectivity index (χ2v) is 4.00. The molecule has 0 aliphatic rings. The summed E-state index contributed by atoms with van der Waals surface area (Å²) in [6.07, 6.45) is 0.547. The molecule has 0 aromatic heterocycles. The van der Waals surface area contributed by atoms with Crippen molar-refractivity contribution in [1.29, 1.82) is 0 Å². The van der Waals surface area contributed by atoms with Gasteiger partial charge in [0.2, 0.25) is 0 Å². The number of aliphatic hydroxyl groups is 1. The predicted molar refractivity (Wildman–Crippen MR) is 69.2 cm³/mol. The van der Waals surface area contributed by atoms with Gasteiger partial charge in [0.1, 0.15) is 0 Å². The smallest absolute Gasteiger partial charge is 0.253 e. The van der Waals surface area contributed by atoms with Crippen LogP contribution in [0.25, 0.3) is 0 Å². The van der Waals surface area contributed by atoms with Gasteiger partial charge in [0.15, 0.2) is 0 Å². The molecule has 0 aliphatic carbocycles. The zero-order chi connectivity index (χ0) is 12.8.